The minimum absolute atomic E-state index is 0.691. The van der Waals surface area contributed by atoms with Gasteiger partial charge in [0.25, 0.3) is 0 Å². The molecule has 0 bridgehead atoms. The largest absolute Gasteiger partial charge is 0.179 e. The summed E-state index contributed by atoms with van der Waals surface area (Å²) in [6, 6.07) is 0. The maximum Gasteiger partial charge on any atom is 0.00170 e. The molecule has 10 heavy (non-hydrogen) atoms. The second-order valence-corrected chi connectivity index (χ2v) is 4.36. The van der Waals surface area contributed by atoms with E-state index in [0.717, 1.165) is 11.7 Å². The van der Waals surface area contributed by atoms with E-state index >= 15 is 0 Å². The highest BCUT2D eigenvalue weighted by molar-refractivity contribution is 7.81. The van der Waals surface area contributed by atoms with Crippen LogP contribution in [0.5, 0.6) is 0 Å². The summed E-state index contributed by atoms with van der Waals surface area (Å²) < 4.78 is 0. The smallest absolute Gasteiger partial charge is 0.00170 e. The van der Waals surface area contributed by atoms with Crippen molar-refractivity contribution in [3.8, 4) is 0 Å². The normalized spacial score (nSPS) is 34.2. The van der Waals surface area contributed by atoms with Gasteiger partial charge < -0.3 is 0 Å². The van der Waals surface area contributed by atoms with E-state index in [1.165, 1.54) is 32.1 Å². The number of hydrogen-bond donors (Lipinski definition) is 2. The third kappa shape index (κ3) is 2.75. The van der Waals surface area contributed by atoms with Gasteiger partial charge in [0.1, 0.15) is 0 Å². The van der Waals surface area contributed by atoms with Gasteiger partial charge in [-0.25, -0.2) is 0 Å². The molecule has 0 spiro atoms. The Morgan fingerprint density at radius 2 is 1.70 bits per heavy atom. The zero-order valence-corrected chi connectivity index (χ0v) is 8.08. The highest BCUT2D eigenvalue weighted by atomic mass is 32.1. The fourth-order valence-electron chi connectivity index (χ4n) is 1.62. The number of thiol groups is 2. The molecule has 0 N–H and O–H groups in total. The Morgan fingerprint density at radius 3 is 2.20 bits per heavy atom. The molecule has 1 saturated carbocycles. The van der Waals surface area contributed by atoms with Crippen molar-refractivity contribution in [1.82, 2.24) is 0 Å². The van der Waals surface area contributed by atoms with Gasteiger partial charge in [-0.05, 0) is 43.8 Å². The monoisotopic (exact) mass is 176 g/mol. The first-order valence-corrected chi connectivity index (χ1v) is 5.26. The molecule has 0 saturated heterocycles. The molecule has 0 aromatic rings. The molecule has 0 nitrogen and oxygen atoms in total. The second kappa shape index (κ2) is 4.55. The van der Waals surface area contributed by atoms with Gasteiger partial charge in [0.05, 0.1) is 0 Å². The number of hydrogen-bond acceptors (Lipinski definition) is 2. The standard InChI is InChI=1S/C8H16S2/c9-6-5-7-1-3-8(10)4-2-7/h7-10H,1-6H2. The van der Waals surface area contributed by atoms with Crippen LogP contribution in [-0.2, 0) is 0 Å². The van der Waals surface area contributed by atoms with E-state index in [-0.39, 0.29) is 0 Å². The van der Waals surface area contributed by atoms with Crippen LogP contribution in [0.1, 0.15) is 32.1 Å². The lowest BCUT2D eigenvalue weighted by molar-refractivity contribution is 0.359. The summed E-state index contributed by atoms with van der Waals surface area (Å²) in [6.07, 6.45) is 6.72. The SMILES string of the molecule is SCCC1CCC(S)CC1. The first-order chi connectivity index (χ1) is 4.83. The first kappa shape index (κ1) is 8.79. The lowest BCUT2D eigenvalue weighted by Gasteiger charge is -2.24. The molecule has 1 aliphatic carbocycles. The van der Waals surface area contributed by atoms with Crippen LogP contribution in [0.15, 0.2) is 0 Å². The van der Waals surface area contributed by atoms with Crippen molar-refractivity contribution in [1.29, 1.82) is 0 Å². The lowest BCUT2D eigenvalue weighted by atomic mass is 9.87. The lowest BCUT2D eigenvalue weighted by Crippen LogP contribution is -2.14. The van der Waals surface area contributed by atoms with E-state index in [4.69, 9.17) is 0 Å². The molecule has 60 valence electrons. The molecule has 2 heteroatoms. The van der Waals surface area contributed by atoms with Crippen molar-refractivity contribution in [2.24, 2.45) is 5.92 Å². The molecule has 0 aromatic carbocycles. The molecule has 0 atom stereocenters. The van der Waals surface area contributed by atoms with Crippen LogP contribution in [-0.4, -0.2) is 11.0 Å². The summed E-state index contributed by atoms with van der Waals surface area (Å²) in [5, 5.41) is 0.691. The fraction of sp³-hybridized carbons (Fsp3) is 1.00. The van der Waals surface area contributed by atoms with Gasteiger partial charge in [-0.15, -0.1) is 0 Å². The molecule has 0 unspecified atom stereocenters. The van der Waals surface area contributed by atoms with E-state index in [1.54, 1.807) is 0 Å². The van der Waals surface area contributed by atoms with Crippen LogP contribution in [0.3, 0.4) is 0 Å². The van der Waals surface area contributed by atoms with Gasteiger partial charge in [-0.2, -0.15) is 25.3 Å². The van der Waals surface area contributed by atoms with Crippen molar-refractivity contribution in [3.05, 3.63) is 0 Å². The van der Waals surface area contributed by atoms with Gasteiger partial charge in [-0.3, -0.25) is 0 Å². The Balaban J connectivity index is 2.13. The average molecular weight is 176 g/mol. The summed E-state index contributed by atoms with van der Waals surface area (Å²) in [5.74, 6) is 2.02. The molecule has 1 rings (SSSR count). The maximum absolute atomic E-state index is 4.45. The first-order valence-electron chi connectivity index (χ1n) is 4.12. The van der Waals surface area contributed by atoms with Crippen LogP contribution in [0.2, 0.25) is 0 Å². The van der Waals surface area contributed by atoms with Gasteiger partial charge in [0.15, 0.2) is 0 Å². The van der Waals surface area contributed by atoms with Gasteiger partial charge in [-0.1, -0.05) is 0 Å². The van der Waals surface area contributed by atoms with Gasteiger partial charge in [0, 0.05) is 5.25 Å². The van der Waals surface area contributed by atoms with Crippen LogP contribution >= 0.6 is 25.3 Å². The van der Waals surface area contributed by atoms with E-state index < -0.39 is 0 Å². The fourth-order valence-corrected chi connectivity index (χ4v) is 2.28. The minimum Gasteiger partial charge on any atom is -0.179 e. The summed E-state index contributed by atoms with van der Waals surface area (Å²) in [4.78, 5) is 0. The van der Waals surface area contributed by atoms with Crippen molar-refractivity contribution in [2.45, 2.75) is 37.4 Å². The Morgan fingerprint density at radius 1 is 1.10 bits per heavy atom. The van der Waals surface area contributed by atoms with Crippen LogP contribution in [0.4, 0.5) is 0 Å². The Kier molecular flexibility index (Phi) is 4.00. The van der Waals surface area contributed by atoms with Crippen molar-refractivity contribution in [2.75, 3.05) is 5.75 Å². The van der Waals surface area contributed by atoms with Crippen molar-refractivity contribution < 1.29 is 0 Å². The van der Waals surface area contributed by atoms with Crippen LogP contribution in [0.25, 0.3) is 0 Å². The molecular weight excluding hydrogens is 160 g/mol. The summed E-state index contributed by atoms with van der Waals surface area (Å²) in [5.41, 5.74) is 0. The Bertz CT molecular complexity index is 85.3. The maximum atomic E-state index is 4.45. The Labute approximate surface area is 74.6 Å². The van der Waals surface area contributed by atoms with Crippen molar-refractivity contribution in [3.63, 3.8) is 0 Å². The highest BCUT2D eigenvalue weighted by Crippen LogP contribution is 2.29. The highest BCUT2D eigenvalue weighted by Gasteiger charge is 2.17. The molecule has 1 aliphatic rings. The van der Waals surface area contributed by atoms with E-state index in [9.17, 15) is 0 Å². The molecule has 0 heterocycles. The van der Waals surface area contributed by atoms with E-state index in [0.29, 0.717) is 5.25 Å². The van der Waals surface area contributed by atoms with Crippen LogP contribution in [0, 0.1) is 5.92 Å². The molecular formula is C8H16S2. The average Bonchev–Trinajstić information content (AvgIpc) is 1.95. The third-order valence-electron chi connectivity index (χ3n) is 2.35. The molecule has 0 amide bonds. The molecule has 0 aliphatic heterocycles. The van der Waals surface area contributed by atoms with E-state index in [2.05, 4.69) is 25.3 Å². The van der Waals surface area contributed by atoms with Gasteiger partial charge in [0.2, 0.25) is 0 Å². The molecule has 0 aromatic heterocycles. The van der Waals surface area contributed by atoms with Crippen molar-refractivity contribution >= 4 is 25.3 Å². The van der Waals surface area contributed by atoms with Crippen LogP contribution < -0.4 is 0 Å². The zero-order valence-electron chi connectivity index (χ0n) is 6.29. The molecule has 1 fully saturated rings. The number of rotatable bonds is 2. The third-order valence-corrected chi connectivity index (χ3v) is 3.13. The topological polar surface area (TPSA) is 0 Å². The quantitative estimate of drug-likeness (QED) is 0.594. The second-order valence-electron chi connectivity index (χ2n) is 3.19. The minimum atomic E-state index is 0.691. The predicted octanol–water partition coefficient (Wildman–Crippen LogP) is 2.79. The molecule has 0 radical (unpaired) electrons. The predicted molar refractivity (Wildman–Crippen MR) is 53.2 cm³/mol. The van der Waals surface area contributed by atoms with Gasteiger partial charge >= 0.3 is 0 Å². The summed E-state index contributed by atoms with van der Waals surface area (Å²) in [6.45, 7) is 0. The van der Waals surface area contributed by atoms with E-state index in [1.807, 2.05) is 0 Å². The zero-order chi connectivity index (χ0) is 7.40. The summed E-state index contributed by atoms with van der Waals surface area (Å²) in [7, 11) is 0. The Hall–Kier alpha value is 0.700. The summed E-state index contributed by atoms with van der Waals surface area (Å²) >= 11 is 8.69.